The number of nitrogens with one attached hydrogen (secondary N) is 1. The predicted octanol–water partition coefficient (Wildman–Crippen LogP) is 3.44. The molecule has 34 heavy (non-hydrogen) atoms. The van der Waals surface area contributed by atoms with E-state index in [2.05, 4.69) is 10.3 Å². The highest BCUT2D eigenvalue weighted by Gasteiger charge is 2.24. The van der Waals surface area contributed by atoms with Crippen LogP contribution in [0.1, 0.15) is 44.4 Å². The van der Waals surface area contributed by atoms with E-state index in [1.165, 1.54) is 35.6 Å². The van der Waals surface area contributed by atoms with Crippen LogP contribution < -0.4 is 16.8 Å². The number of halogens is 2. The molecule has 0 aliphatic carbocycles. The molecule has 0 fully saturated rings. The summed E-state index contributed by atoms with van der Waals surface area (Å²) in [6.07, 6.45) is 0.534. The predicted molar refractivity (Wildman–Crippen MR) is 127 cm³/mol. The normalized spacial score (nSPS) is 11.7. The fraction of sp³-hybridized carbons (Fsp3) is 0.208. The maximum Gasteiger partial charge on any atom is 0.326 e. The summed E-state index contributed by atoms with van der Waals surface area (Å²) in [6.45, 7) is 0.252. The molecule has 0 aliphatic heterocycles. The topological polar surface area (TPSA) is 131 Å². The van der Waals surface area contributed by atoms with Crippen molar-refractivity contribution in [2.24, 2.45) is 16.5 Å². The lowest BCUT2D eigenvalue weighted by Gasteiger charge is -2.17. The first kappa shape index (κ1) is 24.8. The lowest BCUT2D eigenvalue weighted by Crippen LogP contribution is -2.40. The van der Waals surface area contributed by atoms with Crippen LogP contribution in [0.4, 0.5) is 8.78 Å². The molecule has 178 valence electrons. The molecule has 1 atom stereocenters. The van der Waals surface area contributed by atoms with Crippen LogP contribution in [0.5, 0.6) is 0 Å². The highest BCUT2D eigenvalue weighted by Crippen LogP contribution is 2.36. The van der Waals surface area contributed by atoms with Crippen LogP contribution in [0.3, 0.4) is 0 Å². The number of amides is 1. The Labute approximate surface area is 199 Å². The highest BCUT2D eigenvalue weighted by atomic mass is 32.1. The first-order valence-corrected chi connectivity index (χ1v) is 11.3. The summed E-state index contributed by atoms with van der Waals surface area (Å²) < 4.78 is 27.0. The van der Waals surface area contributed by atoms with Crippen LogP contribution >= 0.6 is 11.3 Å². The van der Waals surface area contributed by atoms with E-state index < -0.39 is 17.9 Å². The van der Waals surface area contributed by atoms with E-state index in [0.717, 1.165) is 16.0 Å². The fourth-order valence-electron chi connectivity index (χ4n) is 3.45. The van der Waals surface area contributed by atoms with E-state index in [0.29, 0.717) is 11.3 Å². The van der Waals surface area contributed by atoms with Gasteiger partial charge in [0.05, 0.1) is 4.88 Å². The Kier molecular flexibility index (Phi) is 8.31. The molecular weight excluding hydrogens is 462 g/mol. The molecule has 0 saturated heterocycles. The van der Waals surface area contributed by atoms with Gasteiger partial charge in [0.25, 0.3) is 5.91 Å². The van der Waals surface area contributed by atoms with Crippen molar-refractivity contribution in [1.29, 1.82) is 0 Å². The molecule has 0 bridgehead atoms. The van der Waals surface area contributed by atoms with Gasteiger partial charge < -0.3 is 21.9 Å². The number of nitrogens with two attached hydrogens (primary N) is 2. The van der Waals surface area contributed by atoms with E-state index in [-0.39, 0.29) is 36.5 Å². The van der Waals surface area contributed by atoms with Crippen LogP contribution in [0.15, 0.2) is 65.7 Å². The molecule has 1 heterocycles. The minimum Gasteiger partial charge on any atom is -0.480 e. The lowest BCUT2D eigenvalue weighted by atomic mass is 9.90. The van der Waals surface area contributed by atoms with Crippen molar-refractivity contribution in [1.82, 2.24) is 5.32 Å². The van der Waals surface area contributed by atoms with Gasteiger partial charge in [0.1, 0.15) is 17.7 Å². The third-order valence-corrected chi connectivity index (χ3v) is 6.24. The van der Waals surface area contributed by atoms with Gasteiger partial charge in [-0.25, -0.2) is 13.6 Å². The van der Waals surface area contributed by atoms with Crippen molar-refractivity contribution >= 4 is 29.2 Å². The SMILES string of the molecule is NC(N)=NCCC[C@H](NC(=O)c1ccc(C(c2ccc(F)cc2)c2ccc(F)cc2)s1)C(=O)O. The van der Waals surface area contributed by atoms with Gasteiger partial charge in [0.15, 0.2) is 5.96 Å². The number of carbonyl (C=O) groups excluding carboxylic acids is 1. The standard InChI is InChI=1S/C24H24F2N4O3S/c25-16-7-3-14(4-8-16)21(15-5-9-17(26)10-6-15)19-11-12-20(34-19)22(31)30-18(23(32)33)2-1-13-29-24(27)28/h3-12,18,21H,1-2,13H2,(H,30,31)(H,32,33)(H4,27,28,29)/t18-/m0/s1. The molecule has 6 N–H and O–H groups in total. The van der Waals surface area contributed by atoms with Crippen molar-refractivity contribution in [3.63, 3.8) is 0 Å². The van der Waals surface area contributed by atoms with Crippen molar-refractivity contribution in [2.45, 2.75) is 24.8 Å². The van der Waals surface area contributed by atoms with E-state index in [4.69, 9.17) is 11.5 Å². The highest BCUT2D eigenvalue weighted by molar-refractivity contribution is 7.14. The van der Waals surface area contributed by atoms with E-state index >= 15 is 0 Å². The summed E-state index contributed by atoms with van der Waals surface area (Å²) in [5, 5.41) is 12.0. The van der Waals surface area contributed by atoms with Gasteiger partial charge in [-0.15, -0.1) is 11.3 Å². The molecule has 10 heteroatoms. The average molecular weight is 487 g/mol. The molecule has 7 nitrogen and oxygen atoms in total. The molecule has 0 radical (unpaired) electrons. The number of rotatable bonds is 10. The molecule has 0 unspecified atom stereocenters. The maximum absolute atomic E-state index is 13.5. The zero-order valence-corrected chi connectivity index (χ0v) is 18.9. The van der Waals surface area contributed by atoms with Gasteiger partial charge in [-0.2, -0.15) is 0 Å². The Hall–Kier alpha value is -3.79. The largest absolute Gasteiger partial charge is 0.480 e. The monoisotopic (exact) mass is 486 g/mol. The molecular formula is C24H24F2N4O3S. The second-order valence-corrected chi connectivity index (χ2v) is 8.67. The number of carbonyl (C=O) groups is 2. The minimum atomic E-state index is -1.16. The Bertz CT molecular complexity index is 1110. The van der Waals surface area contributed by atoms with Gasteiger partial charge in [0, 0.05) is 17.3 Å². The number of hydrogen-bond acceptors (Lipinski definition) is 4. The second-order valence-electron chi connectivity index (χ2n) is 7.55. The number of nitrogens with zero attached hydrogens (tertiary/aromatic N) is 1. The third kappa shape index (κ3) is 6.61. The maximum atomic E-state index is 13.5. The molecule has 1 amide bonds. The Morgan fingerprint density at radius 3 is 2.00 bits per heavy atom. The van der Waals surface area contributed by atoms with Crippen LogP contribution in [0.25, 0.3) is 0 Å². The van der Waals surface area contributed by atoms with Crippen LogP contribution in [-0.2, 0) is 4.79 Å². The summed E-state index contributed by atoms with van der Waals surface area (Å²) in [5.74, 6) is -2.89. The number of guanidine groups is 1. The van der Waals surface area contributed by atoms with Crippen LogP contribution in [0, 0.1) is 11.6 Å². The number of aliphatic carboxylic acids is 1. The third-order valence-electron chi connectivity index (χ3n) is 5.09. The van der Waals surface area contributed by atoms with Crippen molar-refractivity contribution in [2.75, 3.05) is 6.54 Å². The number of benzene rings is 2. The first-order chi connectivity index (χ1) is 16.2. The van der Waals surface area contributed by atoms with Gasteiger partial charge in [-0.05, 0) is 60.4 Å². The summed E-state index contributed by atoms with van der Waals surface area (Å²) in [5.41, 5.74) is 12.1. The number of hydrogen-bond donors (Lipinski definition) is 4. The Balaban J connectivity index is 1.81. The van der Waals surface area contributed by atoms with Gasteiger partial charge in [-0.3, -0.25) is 9.79 Å². The quantitative estimate of drug-likeness (QED) is 0.198. The molecule has 3 rings (SSSR count). The number of carboxylic acid groups (broad SMARTS) is 1. The second kappa shape index (κ2) is 11.4. The van der Waals surface area contributed by atoms with E-state index in [1.807, 2.05) is 0 Å². The van der Waals surface area contributed by atoms with Crippen LogP contribution in [-0.4, -0.2) is 35.5 Å². The van der Waals surface area contributed by atoms with Gasteiger partial charge in [0.2, 0.25) is 0 Å². The number of thiophene rings is 1. The van der Waals surface area contributed by atoms with Gasteiger partial charge >= 0.3 is 5.97 Å². The molecule has 0 aliphatic rings. The van der Waals surface area contributed by atoms with Crippen molar-refractivity contribution < 1.29 is 23.5 Å². The molecule has 2 aromatic carbocycles. The van der Waals surface area contributed by atoms with Gasteiger partial charge in [-0.1, -0.05) is 24.3 Å². The summed E-state index contributed by atoms with van der Waals surface area (Å²) in [6, 6.07) is 14.2. The minimum absolute atomic E-state index is 0.0844. The zero-order chi connectivity index (χ0) is 24.7. The van der Waals surface area contributed by atoms with E-state index in [9.17, 15) is 23.5 Å². The zero-order valence-electron chi connectivity index (χ0n) is 18.1. The average Bonchev–Trinajstić information content (AvgIpc) is 3.28. The first-order valence-electron chi connectivity index (χ1n) is 10.4. The smallest absolute Gasteiger partial charge is 0.326 e. The summed E-state index contributed by atoms with van der Waals surface area (Å²) >= 11 is 1.19. The molecule has 0 spiro atoms. The van der Waals surface area contributed by atoms with Crippen LogP contribution in [0.2, 0.25) is 0 Å². The Morgan fingerprint density at radius 2 is 1.50 bits per heavy atom. The lowest BCUT2D eigenvalue weighted by molar-refractivity contribution is -0.139. The van der Waals surface area contributed by atoms with Crippen molar-refractivity contribution in [3.05, 3.63) is 93.2 Å². The molecule has 0 saturated carbocycles. The number of aliphatic imine (C=N–C) groups is 1. The number of carboxylic acids is 1. The Morgan fingerprint density at radius 1 is 0.941 bits per heavy atom. The summed E-state index contributed by atoms with van der Waals surface area (Å²) in [7, 11) is 0. The summed E-state index contributed by atoms with van der Waals surface area (Å²) in [4.78, 5) is 29.2. The van der Waals surface area contributed by atoms with E-state index in [1.54, 1.807) is 36.4 Å². The van der Waals surface area contributed by atoms with Crippen molar-refractivity contribution in [3.8, 4) is 0 Å². The molecule has 3 aromatic rings. The molecule has 1 aromatic heterocycles. The fourth-order valence-corrected chi connectivity index (χ4v) is 4.52.